The van der Waals surface area contributed by atoms with Crippen LogP contribution in [0.3, 0.4) is 0 Å². The molecule has 50 valence electrons. The first-order valence-corrected chi connectivity index (χ1v) is 3.24. The molecule has 0 aromatic rings. The van der Waals surface area contributed by atoms with E-state index in [2.05, 4.69) is 29.1 Å². The Morgan fingerprint density at radius 2 is 2.00 bits per heavy atom. The van der Waals surface area contributed by atoms with Gasteiger partial charge >= 0.3 is 0 Å². The molecule has 0 amide bonds. The van der Waals surface area contributed by atoms with Gasteiger partial charge in [0.05, 0.1) is 4.48 Å². The van der Waals surface area contributed by atoms with Crippen LogP contribution in [0.4, 0.5) is 0 Å². The minimum atomic E-state index is 0.0259. The maximum absolute atomic E-state index is 8.72. The minimum Gasteiger partial charge on any atom is -0.507 e. The largest absolute Gasteiger partial charge is 0.507 e. The van der Waals surface area contributed by atoms with Crippen LogP contribution < -0.4 is 0 Å². The van der Waals surface area contributed by atoms with E-state index in [1.165, 1.54) is 0 Å². The lowest BCUT2D eigenvalue weighted by Crippen LogP contribution is -1.75. The Balaban J connectivity index is 4.17. The van der Waals surface area contributed by atoms with Crippen LogP contribution in [0.1, 0.15) is 6.92 Å². The second-order valence-electron chi connectivity index (χ2n) is 1.79. The molecule has 1 N–H and O–H groups in total. The van der Waals surface area contributed by atoms with Crippen molar-refractivity contribution in [3.8, 4) is 0 Å². The molecule has 0 radical (unpaired) electrons. The van der Waals surface area contributed by atoms with E-state index in [1.807, 2.05) is 6.92 Å². The molecule has 0 spiro atoms. The van der Waals surface area contributed by atoms with Crippen LogP contribution in [-0.2, 0) is 0 Å². The molecule has 0 aromatic heterocycles. The lowest BCUT2D eigenvalue weighted by Gasteiger charge is -1.93. The van der Waals surface area contributed by atoms with Crippen molar-refractivity contribution in [3.05, 3.63) is 35.0 Å². The molecule has 0 bridgehead atoms. The van der Waals surface area contributed by atoms with Gasteiger partial charge in [0.2, 0.25) is 0 Å². The first kappa shape index (κ1) is 8.50. The SMILES string of the molecule is C=C(C)/C=C(/Br)C(=C)O. The van der Waals surface area contributed by atoms with Gasteiger partial charge in [-0.3, -0.25) is 0 Å². The van der Waals surface area contributed by atoms with Gasteiger partial charge in [-0.05, 0) is 28.9 Å². The standard InChI is InChI=1S/C7H9BrO/c1-5(2)4-7(8)6(3)9/h4,9H,1,3H2,2H3/b7-4+. The first-order valence-electron chi connectivity index (χ1n) is 2.45. The summed E-state index contributed by atoms with van der Waals surface area (Å²) in [5.74, 6) is 0.0259. The fourth-order valence-electron chi connectivity index (χ4n) is 0.300. The molecule has 1 nitrogen and oxygen atoms in total. The highest BCUT2D eigenvalue weighted by Gasteiger charge is 1.91. The van der Waals surface area contributed by atoms with Crippen molar-refractivity contribution in [1.82, 2.24) is 0 Å². The van der Waals surface area contributed by atoms with E-state index in [4.69, 9.17) is 5.11 Å². The summed E-state index contributed by atoms with van der Waals surface area (Å²) in [4.78, 5) is 0. The van der Waals surface area contributed by atoms with Crippen LogP contribution in [0.15, 0.2) is 35.0 Å². The van der Waals surface area contributed by atoms with Crippen molar-refractivity contribution >= 4 is 15.9 Å². The van der Waals surface area contributed by atoms with E-state index in [0.29, 0.717) is 4.48 Å². The van der Waals surface area contributed by atoms with Crippen LogP contribution in [0, 0.1) is 0 Å². The van der Waals surface area contributed by atoms with Crippen molar-refractivity contribution in [2.75, 3.05) is 0 Å². The highest BCUT2D eigenvalue weighted by molar-refractivity contribution is 9.11. The molecule has 0 saturated carbocycles. The van der Waals surface area contributed by atoms with Crippen molar-refractivity contribution < 1.29 is 5.11 Å². The Hall–Kier alpha value is -0.500. The van der Waals surface area contributed by atoms with Gasteiger partial charge in [0.1, 0.15) is 5.76 Å². The Labute approximate surface area is 63.5 Å². The molecule has 0 aliphatic carbocycles. The third-order valence-electron chi connectivity index (χ3n) is 0.649. The number of hydrogen-bond donors (Lipinski definition) is 1. The second kappa shape index (κ2) is 3.51. The Kier molecular flexibility index (Phi) is 3.32. The number of halogens is 1. The summed E-state index contributed by atoms with van der Waals surface area (Å²) < 4.78 is 0.579. The van der Waals surface area contributed by atoms with Crippen molar-refractivity contribution in [1.29, 1.82) is 0 Å². The maximum Gasteiger partial charge on any atom is 0.122 e. The molecular formula is C7H9BrO. The second-order valence-corrected chi connectivity index (χ2v) is 2.64. The fraction of sp³-hybridized carbons (Fsp3) is 0.143. The van der Waals surface area contributed by atoms with Gasteiger partial charge in [0.15, 0.2) is 0 Å². The van der Waals surface area contributed by atoms with E-state index in [9.17, 15) is 0 Å². The number of hydrogen-bond acceptors (Lipinski definition) is 1. The summed E-state index contributed by atoms with van der Waals surface area (Å²) in [6, 6.07) is 0. The van der Waals surface area contributed by atoms with Gasteiger partial charge in [-0.15, -0.1) is 0 Å². The van der Waals surface area contributed by atoms with Gasteiger partial charge in [-0.25, -0.2) is 0 Å². The molecule has 0 unspecified atom stereocenters. The van der Waals surface area contributed by atoms with E-state index in [0.717, 1.165) is 5.57 Å². The highest BCUT2D eigenvalue weighted by atomic mass is 79.9. The smallest absolute Gasteiger partial charge is 0.122 e. The number of aliphatic hydroxyl groups is 1. The zero-order valence-electron chi connectivity index (χ0n) is 5.32. The van der Waals surface area contributed by atoms with Crippen LogP contribution in [0.5, 0.6) is 0 Å². The molecule has 2 heteroatoms. The van der Waals surface area contributed by atoms with Crippen LogP contribution >= 0.6 is 15.9 Å². The van der Waals surface area contributed by atoms with E-state index < -0.39 is 0 Å². The van der Waals surface area contributed by atoms with Gasteiger partial charge < -0.3 is 5.11 Å². The molecule has 9 heavy (non-hydrogen) atoms. The lowest BCUT2D eigenvalue weighted by atomic mass is 10.3. The Morgan fingerprint density at radius 3 is 2.11 bits per heavy atom. The average molecular weight is 189 g/mol. The maximum atomic E-state index is 8.72. The van der Waals surface area contributed by atoms with Crippen molar-refractivity contribution in [2.45, 2.75) is 6.92 Å². The monoisotopic (exact) mass is 188 g/mol. The number of rotatable bonds is 2. The molecule has 0 aliphatic rings. The third kappa shape index (κ3) is 4.03. The van der Waals surface area contributed by atoms with Gasteiger partial charge in [-0.2, -0.15) is 0 Å². The lowest BCUT2D eigenvalue weighted by molar-refractivity contribution is 0.433. The molecule has 0 atom stereocenters. The summed E-state index contributed by atoms with van der Waals surface area (Å²) in [5, 5.41) is 8.72. The van der Waals surface area contributed by atoms with Crippen molar-refractivity contribution in [3.63, 3.8) is 0 Å². The first-order chi connectivity index (χ1) is 4.04. The summed E-state index contributed by atoms with van der Waals surface area (Å²) in [6.07, 6.45) is 1.70. The summed E-state index contributed by atoms with van der Waals surface area (Å²) in [6.45, 7) is 8.76. The van der Waals surface area contributed by atoms with Crippen LogP contribution in [0.25, 0.3) is 0 Å². The van der Waals surface area contributed by atoms with Gasteiger partial charge in [-0.1, -0.05) is 18.7 Å². The zero-order valence-corrected chi connectivity index (χ0v) is 6.90. The number of allylic oxidation sites excluding steroid dienone is 3. The molecule has 0 saturated heterocycles. The Morgan fingerprint density at radius 1 is 1.56 bits per heavy atom. The molecule has 0 rings (SSSR count). The van der Waals surface area contributed by atoms with E-state index in [-0.39, 0.29) is 5.76 Å². The summed E-state index contributed by atoms with van der Waals surface area (Å²) in [7, 11) is 0. The predicted molar refractivity (Wildman–Crippen MR) is 43.6 cm³/mol. The average Bonchev–Trinajstić information content (AvgIpc) is 1.63. The molecule has 0 aromatic carbocycles. The summed E-state index contributed by atoms with van der Waals surface area (Å²) >= 11 is 3.09. The number of aliphatic hydroxyl groups excluding tert-OH is 1. The van der Waals surface area contributed by atoms with Gasteiger partial charge in [0, 0.05) is 0 Å². The van der Waals surface area contributed by atoms with E-state index in [1.54, 1.807) is 6.08 Å². The molecular weight excluding hydrogens is 180 g/mol. The van der Waals surface area contributed by atoms with Crippen molar-refractivity contribution in [2.24, 2.45) is 0 Å². The van der Waals surface area contributed by atoms with Gasteiger partial charge in [0.25, 0.3) is 0 Å². The molecule has 0 heterocycles. The fourth-order valence-corrected chi connectivity index (χ4v) is 0.690. The molecule has 0 aliphatic heterocycles. The van der Waals surface area contributed by atoms with Crippen LogP contribution in [-0.4, -0.2) is 5.11 Å². The topological polar surface area (TPSA) is 20.2 Å². The minimum absolute atomic E-state index is 0.0259. The quantitative estimate of drug-likeness (QED) is 0.523. The zero-order chi connectivity index (χ0) is 7.44. The third-order valence-corrected chi connectivity index (χ3v) is 1.34. The summed E-state index contributed by atoms with van der Waals surface area (Å²) in [5.41, 5.74) is 0.872. The normalized spacial score (nSPS) is 11.1. The Bertz CT molecular complexity index is 168. The highest BCUT2D eigenvalue weighted by Crippen LogP contribution is 2.13. The predicted octanol–water partition coefficient (Wildman–Crippen LogP) is 2.91. The van der Waals surface area contributed by atoms with Crippen LogP contribution in [0.2, 0.25) is 0 Å². The van der Waals surface area contributed by atoms with E-state index >= 15 is 0 Å². The molecule has 0 fully saturated rings.